The number of piperidine rings is 1. The van der Waals surface area contributed by atoms with Crippen LogP contribution in [0.3, 0.4) is 0 Å². The lowest BCUT2D eigenvalue weighted by atomic mass is 9.96. The van der Waals surface area contributed by atoms with Gasteiger partial charge < -0.3 is 8.98 Å². The van der Waals surface area contributed by atoms with Crippen molar-refractivity contribution in [2.45, 2.75) is 57.7 Å². The molecule has 3 aromatic rings. The van der Waals surface area contributed by atoms with Gasteiger partial charge in [-0.15, -0.1) is 20.4 Å². The van der Waals surface area contributed by atoms with Gasteiger partial charge in [-0.25, -0.2) is 0 Å². The minimum Gasteiger partial charge on any atom is -0.424 e. The van der Waals surface area contributed by atoms with Gasteiger partial charge in [-0.2, -0.15) is 5.10 Å². The van der Waals surface area contributed by atoms with Crippen molar-refractivity contribution in [1.29, 1.82) is 0 Å². The van der Waals surface area contributed by atoms with Gasteiger partial charge in [0, 0.05) is 31.3 Å². The van der Waals surface area contributed by atoms with Gasteiger partial charge in [0.1, 0.15) is 12.4 Å². The Balaban J connectivity index is 1.27. The number of aromatic nitrogens is 7. The van der Waals surface area contributed by atoms with Gasteiger partial charge in [-0.1, -0.05) is 0 Å². The molecule has 3 aromatic heterocycles. The Morgan fingerprint density at radius 2 is 1.89 bits per heavy atom. The summed E-state index contributed by atoms with van der Waals surface area (Å²) in [4.78, 5) is 2.38. The van der Waals surface area contributed by atoms with Crippen LogP contribution in [0.2, 0.25) is 0 Å². The summed E-state index contributed by atoms with van der Waals surface area (Å²) in [5, 5.41) is 21.5. The fourth-order valence-corrected chi connectivity index (χ4v) is 3.94. The third-order valence-corrected chi connectivity index (χ3v) is 5.45. The van der Waals surface area contributed by atoms with E-state index in [9.17, 15) is 0 Å². The zero-order chi connectivity index (χ0) is 18.2. The van der Waals surface area contributed by atoms with E-state index in [0.29, 0.717) is 30.3 Å². The topological polar surface area (TPSA) is 90.7 Å². The lowest BCUT2D eigenvalue weighted by Gasteiger charge is -2.30. The first-order valence-corrected chi connectivity index (χ1v) is 9.68. The van der Waals surface area contributed by atoms with Crippen molar-refractivity contribution in [2.24, 2.45) is 0 Å². The van der Waals surface area contributed by atoms with Crippen LogP contribution in [0.4, 0.5) is 0 Å². The molecule has 0 unspecified atom stereocenters. The van der Waals surface area contributed by atoms with Crippen LogP contribution < -0.4 is 0 Å². The molecule has 1 aliphatic carbocycles. The molecule has 2 fully saturated rings. The zero-order valence-electron chi connectivity index (χ0n) is 15.5. The van der Waals surface area contributed by atoms with E-state index in [-0.39, 0.29) is 0 Å². The van der Waals surface area contributed by atoms with E-state index >= 15 is 0 Å². The molecule has 1 aliphatic heterocycles. The lowest BCUT2D eigenvalue weighted by Crippen LogP contribution is -2.33. The van der Waals surface area contributed by atoms with E-state index in [2.05, 4.69) is 35.0 Å². The van der Waals surface area contributed by atoms with Crippen molar-refractivity contribution in [3.8, 4) is 0 Å². The zero-order valence-corrected chi connectivity index (χ0v) is 15.5. The van der Waals surface area contributed by atoms with Crippen LogP contribution in [-0.4, -0.2) is 52.7 Å². The molecule has 9 nitrogen and oxygen atoms in total. The van der Waals surface area contributed by atoms with Crippen molar-refractivity contribution < 1.29 is 4.42 Å². The molecule has 0 atom stereocenters. The number of rotatable bonds is 6. The molecule has 27 heavy (non-hydrogen) atoms. The Morgan fingerprint density at radius 3 is 2.56 bits per heavy atom. The molecular formula is C18H24N8O. The normalized spacial score (nSPS) is 19.0. The second-order valence-corrected chi connectivity index (χ2v) is 7.54. The van der Waals surface area contributed by atoms with E-state index in [4.69, 9.17) is 4.42 Å². The summed E-state index contributed by atoms with van der Waals surface area (Å²) in [5.41, 5.74) is 0. The summed E-state index contributed by atoms with van der Waals surface area (Å²) < 4.78 is 9.82. The van der Waals surface area contributed by atoms with Gasteiger partial charge in [-0.05, 0) is 44.8 Å². The van der Waals surface area contributed by atoms with Crippen molar-refractivity contribution >= 4 is 0 Å². The molecule has 5 rings (SSSR count). The van der Waals surface area contributed by atoms with Crippen LogP contribution in [0.15, 0.2) is 22.9 Å². The summed E-state index contributed by atoms with van der Waals surface area (Å²) in [5.74, 6) is 3.98. The summed E-state index contributed by atoms with van der Waals surface area (Å²) in [6.45, 7) is 5.27. The van der Waals surface area contributed by atoms with Gasteiger partial charge >= 0.3 is 0 Å². The molecule has 9 heteroatoms. The van der Waals surface area contributed by atoms with E-state index in [1.54, 1.807) is 6.20 Å². The van der Waals surface area contributed by atoms with Gasteiger partial charge in [0.25, 0.3) is 0 Å². The van der Waals surface area contributed by atoms with Crippen LogP contribution in [0.1, 0.15) is 61.1 Å². The second-order valence-electron chi connectivity index (χ2n) is 7.54. The lowest BCUT2D eigenvalue weighted by molar-refractivity contribution is 0.183. The van der Waals surface area contributed by atoms with E-state index in [0.717, 1.165) is 44.1 Å². The summed E-state index contributed by atoms with van der Waals surface area (Å²) >= 11 is 0. The molecule has 0 spiro atoms. The third-order valence-electron chi connectivity index (χ3n) is 5.45. The molecule has 142 valence electrons. The third kappa shape index (κ3) is 3.51. The summed E-state index contributed by atoms with van der Waals surface area (Å²) in [7, 11) is 0. The Hall–Kier alpha value is -2.55. The van der Waals surface area contributed by atoms with Crippen molar-refractivity contribution in [3.05, 3.63) is 41.9 Å². The highest BCUT2D eigenvalue weighted by molar-refractivity contribution is 5.09. The van der Waals surface area contributed by atoms with Crippen LogP contribution in [0.25, 0.3) is 0 Å². The van der Waals surface area contributed by atoms with Gasteiger partial charge in [0.05, 0.1) is 6.54 Å². The molecule has 1 saturated carbocycles. The number of likely N-dealkylation sites (tertiary alicyclic amines) is 1. The molecule has 0 bridgehead atoms. The first-order chi connectivity index (χ1) is 13.3. The fourth-order valence-electron chi connectivity index (χ4n) is 3.94. The van der Waals surface area contributed by atoms with Gasteiger partial charge in [0.2, 0.25) is 11.8 Å². The highest BCUT2D eigenvalue weighted by Gasteiger charge is 2.33. The highest BCUT2D eigenvalue weighted by atomic mass is 16.4. The first-order valence-electron chi connectivity index (χ1n) is 9.68. The van der Waals surface area contributed by atoms with E-state index < -0.39 is 0 Å². The van der Waals surface area contributed by atoms with Crippen molar-refractivity contribution in [3.63, 3.8) is 0 Å². The maximum Gasteiger partial charge on any atom is 0.230 e. The second kappa shape index (κ2) is 6.88. The van der Waals surface area contributed by atoms with Crippen LogP contribution in [0.5, 0.6) is 0 Å². The number of nitrogens with zero attached hydrogens (tertiary/aromatic N) is 8. The minimum absolute atomic E-state index is 0.463. The average molecular weight is 368 g/mol. The number of hydrogen-bond donors (Lipinski definition) is 0. The van der Waals surface area contributed by atoms with Gasteiger partial charge in [-0.3, -0.25) is 9.58 Å². The molecular weight excluding hydrogens is 344 g/mol. The quantitative estimate of drug-likeness (QED) is 0.656. The number of aryl methyl sites for hydroxylation is 1. The standard InChI is InChI=1S/C18H24N8O/c1-13-20-22-17(27-13)12-24-9-5-14(6-10-24)18-23-21-16(26(18)15-3-4-15)11-25-8-2-7-19-25/h2,7-8,14-15H,3-6,9-12H2,1H3. The van der Waals surface area contributed by atoms with Crippen LogP contribution in [0, 0.1) is 6.92 Å². The Labute approximate surface area is 157 Å². The van der Waals surface area contributed by atoms with Crippen LogP contribution in [-0.2, 0) is 13.1 Å². The van der Waals surface area contributed by atoms with Crippen LogP contribution >= 0.6 is 0 Å². The maximum atomic E-state index is 5.51. The fraction of sp³-hybridized carbons (Fsp3) is 0.611. The molecule has 4 heterocycles. The highest BCUT2D eigenvalue weighted by Crippen LogP contribution is 2.40. The SMILES string of the molecule is Cc1nnc(CN2CCC(c3nnc(Cn4cccn4)n3C3CC3)CC2)o1. The Kier molecular flexibility index (Phi) is 4.23. The predicted octanol–water partition coefficient (Wildman–Crippen LogP) is 1.93. The van der Waals surface area contributed by atoms with Gasteiger partial charge in [0.15, 0.2) is 5.82 Å². The maximum absolute atomic E-state index is 5.51. The molecule has 2 aliphatic rings. The molecule has 0 amide bonds. The van der Waals surface area contributed by atoms with E-state index in [1.807, 2.05) is 23.9 Å². The Bertz CT molecular complexity index is 887. The average Bonchev–Trinajstić information content (AvgIpc) is 3.05. The van der Waals surface area contributed by atoms with Crippen molar-refractivity contribution in [2.75, 3.05) is 13.1 Å². The Morgan fingerprint density at radius 1 is 1.04 bits per heavy atom. The molecule has 0 aromatic carbocycles. The first kappa shape index (κ1) is 16.6. The summed E-state index contributed by atoms with van der Waals surface area (Å²) in [6.07, 6.45) is 8.40. The smallest absolute Gasteiger partial charge is 0.230 e. The number of hydrogen-bond acceptors (Lipinski definition) is 7. The molecule has 0 radical (unpaired) electrons. The summed E-state index contributed by atoms with van der Waals surface area (Å²) in [6, 6.07) is 2.51. The minimum atomic E-state index is 0.463. The van der Waals surface area contributed by atoms with E-state index in [1.165, 1.54) is 12.8 Å². The molecule has 0 N–H and O–H groups in total. The monoisotopic (exact) mass is 368 g/mol. The molecule has 1 saturated heterocycles. The largest absolute Gasteiger partial charge is 0.424 e. The predicted molar refractivity (Wildman–Crippen MR) is 95.9 cm³/mol. The van der Waals surface area contributed by atoms with Crippen molar-refractivity contribution in [1.82, 2.24) is 39.6 Å².